The van der Waals surface area contributed by atoms with Crippen molar-refractivity contribution in [1.82, 2.24) is 19.6 Å². The highest BCUT2D eigenvalue weighted by Gasteiger charge is 2.13. The Kier molecular flexibility index (Phi) is 3.21. The zero-order chi connectivity index (χ0) is 16.8. The molecule has 122 valence electrons. The van der Waals surface area contributed by atoms with Crippen LogP contribution in [0.5, 0.6) is 0 Å². The van der Waals surface area contributed by atoms with Crippen molar-refractivity contribution in [3.63, 3.8) is 0 Å². The van der Waals surface area contributed by atoms with Crippen LogP contribution >= 0.6 is 11.3 Å². The zero-order valence-corrected chi connectivity index (χ0v) is 14.6. The minimum absolute atomic E-state index is 0.952. The highest BCUT2D eigenvalue weighted by molar-refractivity contribution is 7.13. The molecule has 0 radical (unpaired) electrons. The van der Waals surface area contributed by atoms with E-state index in [1.807, 2.05) is 10.9 Å². The summed E-state index contributed by atoms with van der Waals surface area (Å²) in [6.45, 7) is 3.14. The molecule has 0 N–H and O–H groups in total. The predicted molar refractivity (Wildman–Crippen MR) is 103 cm³/mol. The molecule has 0 aliphatic heterocycles. The van der Waals surface area contributed by atoms with Crippen LogP contribution in [0.1, 0.15) is 6.92 Å². The Morgan fingerprint density at radius 2 is 1.84 bits per heavy atom. The first-order valence-electron chi connectivity index (χ1n) is 8.33. The third-order valence-corrected chi connectivity index (χ3v) is 5.53. The van der Waals surface area contributed by atoms with Gasteiger partial charge in [-0.1, -0.05) is 29.5 Å². The smallest absolute Gasteiger partial charge is 0.104 e. The Balaban J connectivity index is 1.77. The molecule has 0 amide bonds. The molecule has 0 saturated carbocycles. The van der Waals surface area contributed by atoms with Crippen LogP contribution in [0.25, 0.3) is 38.1 Å². The lowest BCUT2D eigenvalue weighted by atomic mass is 10.1. The number of para-hydroxylation sites is 1. The first-order valence-corrected chi connectivity index (χ1v) is 9.20. The maximum atomic E-state index is 4.32. The van der Waals surface area contributed by atoms with Crippen LogP contribution in [0.15, 0.2) is 66.2 Å². The lowest BCUT2D eigenvalue weighted by molar-refractivity contribution is 0.808. The van der Waals surface area contributed by atoms with Crippen LogP contribution in [-0.2, 0) is 6.54 Å². The summed E-state index contributed by atoms with van der Waals surface area (Å²) in [6, 6.07) is 19.3. The van der Waals surface area contributed by atoms with Crippen molar-refractivity contribution in [2.45, 2.75) is 13.5 Å². The maximum Gasteiger partial charge on any atom is 0.104 e. The molecular formula is C20H16N4S. The van der Waals surface area contributed by atoms with Crippen molar-refractivity contribution in [3.8, 4) is 16.3 Å². The average Bonchev–Trinajstić information content (AvgIpc) is 3.38. The molecule has 0 saturated heterocycles. The van der Waals surface area contributed by atoms with Crippen molar-refractivity contribution >= 4 is 33.1 Å². The van der Waals surface area contributed by atoms with Crippen LogP contribution in [-0.4, -0.2) is 19.6 Å². The topological polar surface area (TPSA) is 35.6 Å². The lowest BCUT2D eigenvalue weighted by Gasteiger charge is -2.06. The van der Waals surface area contributed by atoms with Crippen LogP contribution in [0.3, 0.4) is 0 Å². The van der Waals surface area contributed by atoms with Crippen LogP contribution in [0.4, 0.5) is 0 Å². The van der Waals surface area contributed by atoms with Gasteiger partial charge >= 0.3 is 0 Å². The summed E-state index contributed by atoms with van der Waals surface area (Å²) in [6.07, 6.45) is 1.82. The second-order valence-corrected chi connectivity index (χ2v) is 6.92. The van der Waals surface area contributed by atoms with Gasteiger partial charge in [-0.05, 0) is 42.6 Å². The number of rotatable bonds is 3. The van der Waals surface area contributed by atoms with Gasteiger partial charge in [0, 0.05) is 28.4 Å². The van der Waals surface area contributed by atoms with Gasteiger partial charge in [0.05, 0.1) is 16.8 Å². The Morgan fingerprint density at radius 3 is 2.68 bits per heavy atom. The average molecular weight is 344 g/mol. The van der Waals surface area contributed by atoms with Crippen molar-refractivity contribution in [2.24, 2.45) is 0 Å². The van der Waals surface area contributed by atoms with Gasteiger partial charge in [-0.15, -0.1) is 16.4 Å². The summed E-state index contributed by atoms with van der Waals surface area (Å²) in [7, 11) is 0. The monoisotopic (exact) mass is 344 g/mol. The van der Waals surface area contributed by atoms with Crippen molar-refractivity contribution in [3.05, 3.63) is 66.2 Å². The van der Waals surface area contributed by atoms with E-state index in [0.29, 0.717) is 0 Å². The van der Waals surface area contributed by atoms with Crippen LogP contribution in [0.2, 0.25) is 0 Å². The number of thiophene rings is 1. The molecule has 3 aromatic heterocycles. The molecule has 3 heterocycles. The Bertz CT molecular complexity index is 1180. The normalized spacial score (nSPS) is 11.6. The largest absolute Gasteiger partial charge is 0.341 e. The number of hydrogen-bond donors (Lipinski definition) is 0. The fourth-order valence-corrected chi connectivity index (χ4v) is 4.25. The molecule has 0 aliphatic carbocycles. The van der Waals surface area contributed by atoms with E-state index in [4.69, 9.17) is 0 Å². The quantitative estimate of drug-likeness (QED) is 0.455. The van der Waals surface area contributed by atoms with Crippen molar-refractivity contribution < 1.29 is 0 Å². The van der Waals surface area contributed by atoms with E-state index in [0.717, 1.165) is 17.9 Å². The highest BCUT2D eigenvalue weighted by Crippen LogP contribution is 2.32. The van der Waals surface area contributed by atoms with Gasteiger partial charge in [-0.3, -0.25) is 0 Å². The lowest BCUT2D eigenvalue weighted by Crippen LogP contribution is -1.99. The van der Waals surface area contributed by atoms with Gasteiger partial charge in [-0.25, -0.2) is 4.68 Å². The molecule has 0 spiro atoms. The van der Waals surface area contributed by atoms with Crippen LogP contribution in [0, 0.1) is 0 Å². The number of fused-ring (bicyclic) bond motifs is 3. The van der Waals surface area contributed by atoms with Gasteiger partial charge < -0.3 is 4.57 Å². The molecule has 0 atom stereocenters. The molecule has 25 heavy (non-hydrogen) atoms. The highest BCUT2D eigenvalue weighted by atomic mass is 32.1. The van der Waals surface area contributed by atoms with Gasteiger partial charge in [0.25, 0.3) is 0 Å². The third kappa shape index (κ3) is 2.13. The van der Waals surface area contributed by atoms with E-state index in [-0.39, 0.29) is 0 Å². The van der Waals surface area contributed by atoms with E-state index in [9.17, 15) is 0 Å². The predicted octanol–water partition coefficient (Wildman–Crippen LogP) is 5.12. The molecule has 0 fully saturated rings. The molecule has 5 aromatic rings. The maximum absolute atomic E-state index is 4.32. The minimum atomic E-state index is 0.952. The molecule has 5 heteroatoms. The minimum Gasteiger partial charge on any atom is -0.341 e. The molecular weight excluding hydrogens is 328 g/mol. The number of hydrogen-bond acceptors (Lipinski definition) is 3. The Labute approximate surface area is 148 Å². The standard InChI is InChI=1S/C20H16N4S/c1-2-23-17-7-4-3-6-15(17)16-12-14(9-10-18(16)23)24-19(13-21-22-24)20-8-5-11-25-20/h3-13H,2H2,1H3. The fourth-order valence-electron chi connectivity index (χ4n) is 3.53. The Morgan fingerprint density at radius 1 is 0.960 bits per heavy atom. The van der Waals surface area contributed by atoms with Gasteiger partial charge in [0.15, 0.2) is 0 Å². The third-order valence-electron chi connectivity index (χ3n) is 4.64. The first kappa shape index (κ1) is 14.4. The summed E-state index contributed by atoms with van der Waals surface area (Å²) in [5.41, 5.74) is 4.58. The molecule has 2 aromatic carbocycles. The number of nitrogens with zero attached hydrogens (tertiary/aromatic N) is 4. The summed E-state index contributed by atoms with van der Waals surface area (Å²) < 4.78 is 4.28. The second kappa shape index (κ2) is 5.57. The van der Waals surface area contributed by atoms with E-state index < -0.39 is 0 Å². The van der Waals surface area contributed by atoms with E-state index in [2.05, 4.69) is 81.8 Å². The molecule has 0 aliphatic rings. The zero-order valence-electron chi connectivity index (χ0n) is 13.8. The summed E-state index contributed by atoms with van der Waals surface area (Å²) in [4.78, 5) is 1.17. The number of aromatic nitrogens is 4. The van der Waals surface area contributed by atoms with Gasteiger partial charge in [-0.2, -0.15) is 0 Å². The molecule has 4 nitrogen and oxygen atoms in total. The van der Waals surface area contributed by atoms with E-state index >= 15 is 0 Å². The van der Waals surface area contributed by atoms with Crippen LogP contribution < -0.4 is 0 Å². The number of aryl methyl sites for hydroxylation is 1. The van der Waals surface area contributed by atoms with Gasteiger partial charge in [0.1, 0.15) is 5.69 Å². The van der Waals surface area contributed by atoms with Crippen molar-refractivity contribution in [2.75, 3.05) is 0 Å². The number of benzene rings is 2. The second-order valence-electron chi connectivity index (χ2n) is 5.97. The molecule has 0 unspecified atom stereocenters. The SMILES string of the molecule is CCn1c2ccccc2c2cc(-n3nncc3-c3cccs3)ccc21. The summed E-state index contributed by atoms with van der Waals surface area (Å²) >= 11 is 1.70. The fraction of sp³-hybridized carbons (Fsp3) is 0.100. The summed E-state index contributed by atoms with van der Waals surface area (Å²) in [5, 5.41) is 13.1. The van der Waals surface area contributed by atoms with E-state index in [1.165, 1.54) is 26.7 Å². The van der Waals surface area contributed by atoms with Gasteiger partial charge in [0.2, 0.25) is 0 Å². The first-order chi connectivity index (χ1) is 12.4. The molecule has 0 bridgehead atoms. The van der Waals surface area contributed by atoms with E-state index in [1.54, 1.807) is 11.3 Å². The molecule has 5 rings (SSSR count). The van der Waals surface area contributed by atoms with Crippen molar-refractivity contribution in [1.29, 1.82) is 0 Å². The Hall–Kier alpha value is -2.92. The summed E-state index contributed by atoms with van der Waals surface area (Å²) in [5.74, 6) is 0.